The van der Waals surface area contributed by atoms with Gasteiger partial charge in [0.1, 0.15) is 5.52 Å². The summed E-state index contributed by atoms with van der Waals surface area (Å²) in [6, 6.07) is 8.87. The average Bonchev–Trinajstić information content (AvgIpc) is 3.14. The highest BCUT2D eigenvalue weighted by Gasteiger charge is 2.31. The predicted octanol–water partition coefficient (Wildman–Crippen LogP) is 4.69. The van der Waals surface area contributed by atoms with Crippen LogP contribution in [0.15, 0.2) is 36.4 Å². The SMILES string of the molecule is Cc1ccc(Cl)cc1NC(=O)CN1CCC(n2nnc3cc(C(F)(F)F)ccc32)CC1. The van der Waals surface area contributed by atoms with Gasteiger partial charge in [0, 0.05) is 23.8 Å². The van der Waals surface area contributed by atoms with E-state index in [1.54, 1.807) is 16.8 Å². The van der Waals surface area contributed by atoms with Gasteiger partial charge in [-0.3, -0.25) is 9.69 Å². The largest absolute Gasteiger partial charge is 0.416 e. The predicted molar refractivity (Wildman–Crippen MR) is 112 cm³/mol. The third-order valence-electron chi connectivity index (χ3n) is 5.54. The minimum atomic E-state index is -4.41. The van der Waals surface area contributed by atoms with Crippen molar-refractivity contribution in [2.75, 3.05) is 25.0 Å². The molecule has 2 heterocycles. The molecule has 4 rings (SSSR count). The molecule has 0 radical (unpaired) electrons. The number of anilines is 1. The minimum Gasteiger partial charge on any atom is -0.325 e. The summed E-state index contributed by atoms with van der Waals surface area (Å²) in [4.78, 5) is 14.5. The molecule has 2 aromatic carbocycles. The number of aromatic nitrogens is 3. The third-order valence-corrected chi connectivity index (χ3v) is 5.78. The van der Waals surface area contributed by atoms with E-state index >= 15 is 0 Å². The van der Waals surface area contributed by atoms with E-state index in [1.165, 1.54) is 6.07 Å². The summed E-state index contributed by atoms with van der Waals surface area (Å²) in [7, 11) is 0. The first-order chi connectivity index (χ1) is 14.7. The molecule has 31 heavy (non-hydrogen) atoms. The Balaban J connectivity index is 1.36. The zero-order valence-electron chi connectivity index (χ0n) is 16.8. The number of hydrogen-bond acceptors (Lipinski definition) is 4. The minimum absolute atomic E-state index is 0.0243. The topological polar surface area (TPSA) is 63.1 Å². The monoisotopic (exact) mass is 451 g/mol. The molecule has 0 saturated carbocycles. The Hall–Kier alpha value is -2.65. The van der Waals surface area contributed by atoms with Gasteiger partial charge in [-0.15, -0.1) is 5.10 Å². The number of likely N-dealkylation sites (tertiary alicyclic amines) is 1. The number of piperidine rings is 1. The second-order valence-electron chi connectivity index (χ2n) is 7.75. The van der Waals surface area contributed by atoms with E-state index in [-0.39, 0.29) is 24.0 Å². The van der Waals surface area contributed by atoms with E-state index in [1.807, 2.05) is 17.9 Å². The van der Waals surface area contributed by atoms with E-state index in [0.29, 0.717) is 29.3 Å². The van der Waals surface area contributed by atoms with Crippen LogP contribution in [0.1, 0.15) is 30.0 Å². The number of aryl methyl sites for hydroxylation is 1. The first-order valence-corrected chi connectivity index (χ1v) is 10.3. The van der Waals surface area contributed by atoms with E-state index in [0.717, 1.165) is 30.5 Å². The van der Waals surface area contributed by atoms with Crippen LogP contribution in [0.25, 0.3) is 11.0 Å². The zero-order chi connectivity index (χ0) is 22.2. The fourth-order valence-electron chi connectivity index (χ4n) is 3.83. The Morgan fingerprint density at radius 1 is 1.19 bits per heavy atom. The molecule has 1 saturated heterocycles. The average molecular weight is 452 g/mol. The summed E-state index contributed by atoms with van der Waals surface area (Å²) >= 11 is 6.00. The molecule has 164 valence electrons. The molecule has 1 N–H and O–H groups in total. The Morgan fingerprint density at radius 3 is 2.65 bits per heavy atom. The summed E-state index contributed by atoms with van der Waals surface area (Å²) in [5.41, 5.74) is 1.71. The number of carbonyl (C=O) groups excluding carboxylic acids is 1. The van der Waals surface area contributed by atoms with Crippen molar-refractivity contribution in [3.8, 4) is 0 Å². The lowest BCUT2D eigenvalue weighted by molar-refractivity contribution is -0.137. The third kappa shape index (κ3) is 4.83. The number of nitrogens with one attached hydrogen (secondary N) is 1. The summed E-state index contributed by atoms with van der Waals surface area (Å²) in [5.74, 6) is -0.116. The molecule has 10 heteroatoms. The van der Waals surface area contributed by atoms with Crippen molar-refractivity contribution in [2.45, 2.75) is 32.0 Å². The second kappa shape index (κ2) is 8.47. The number of fused-ring (bicyclic) bond motifs is 1. The number of benzene rings is 2. The Kier molecular flexibility index (Phi) is 5.90. The molecule has 1 amide bonds. The normalized spacial score (nSPS) is 16.0. The maximum absolute atomic E-state index is 12.9. The number of alkyl halides is 3. The van der Waals surface area contributed by atoms with E-state index in [2.05, 4.69) is 15.6 Å². The van der Waals surface area contributed by atoms with Crippen LogP contribution in [-0.4, -0.2) is 45.4 Å². The number of amides is 1. The van der Waals surface area contributed by atoms with Crippen molar-refractivity contribution in [1.29, 1.82) is 0 Å². The molecule has 0 unspecified atom stereocenters. The van der Waals surface area contributed by atoms with Crippen LogP contribution in [0.3, 0.4) is 0 Å². The van der Waals surface area contributed by atoms with Crippen molar-refractivity contribution in [3.63, 3.8) is 0 Å². The lowest BCUT2D eigenvalue weighted by atomic mass is 10.0. The molecule has 1 aliphatic heterocycles. The maximum Gasteiger partial charge on any atom is 0.416 e. The van der Waals surface area contributed by atoms with Crippen LogP contribution in [0.5, 0.6) is 0 Å². The number of carbonyl (C=O) groups is 1. The first kappa shape index (κ1) is 21.6. The van der Waals surface area contributed by atoms with Gasteiger partial charge in [0.15, 0.2) is 0 Å². The van der Waals surface area contributed by atoms with Gasteiger partial charge in [-0.25, -0.2) is 4.68 Å². The quantitative estimate of drug-likeness (QED) is 0.625. The van der Waals surface area contributed by atoms with Crippen molar-refractivity contribution < 1.29 is 18.0 Å². The van der Waals surface area contributed by atoms with Crippen LogP contribution in [0.4, 0.5) is 18.9 Å². The summed E-state index contributed by atoms with van der Waals surface area (Å²) < 4.78 is 40.4. The highest BCUT2D eigenvalue weighted by Crippen LogP contribution is 2.32. The molecule has 0 aliphatic carbocycles. The van der Waals surface area contributed by atoms with Crippen molar-refractivity contribution in [1.82, 2.24) is 19.9 Å². The standard InChI is InChI=1S/C21H21ClF3N5O/c1-13-2-4-15(22)11-17(13)26-20(31)12-29-8-6-16(7-9-29)30-19-5-3-14(21(23,24)25)10-18(19)27-28-30/h2-5,10-11,16H,6-9,12H2,1H3,(H,26,31). The second-order valence-corrected chi connectivity index (χ2v) is 8.19. The highest BCUT2D eigenvalue weighted by molar-refractivity contribution is 6.31. The van der Waals surface area contributed by atoms with Gasteiger partial charge in [0.05, 0.1) is 23.7 Å². The van der Waals surface area contributed by atoms with Crippen molar-refractivity contribution >= 4 is 34.2 Å². The fraction of sp³-hybridized carbons (Fsp3) is 0.381. The smallest absolute Gasteiger partial charge is 0.325 e. The first-order valence-electron chi connectivity index (χ1n) is 9.91. The van der Waals surface area contributed by atoms with Crippen LogP contribution in [0, 0.1) is 6.92 Å². The number of rotatable bonds is 4. The van der Waals surface area contributed by atoms with Gasteiger partial charge < -0.3 is 5.32 Å². The Bertz CT molecular complexity index is 1110. The van der Waals surface area contributed by atoms with E-state index < -0.39 is 11.7 Å². The highest BCUT2D eigenvalue weighted by atomic mass is 35.5. The molecule has 0 spiro atoms. The molecule has 1 aliphatic rings. The summed E-state index contributed by atoms with van der Waals surface area (Å²) in [6.07, 6.45) is -2.96. The number of halogens is 4. The van der Waals surface area contributed by atoms with Gasteiger partial charge in [-0.05, 0) is 55.7 Å². The van der Waals surface area contributed by atoms with Gasteiger partial charge in [0.2, 0.25) is 5.91 Å². The Labute approximate surface area is 182 Å². The van der Waals surface area contributed by atoms with Crippen LogP contribution in [-0.2, 0) is 11.0 Å². The van der Waals surface area contributed by atoms with Gasteiger partial charge in [-0.2, -0.15) is 13.2 Å². The summed E-state index contributed by atoms with van der Waals surface area (Å²) in [6.45, 7) is 3.51. The molecule has 3 aromatic rings. The number of hydrogen-bond donors (Lipinski definition) is 1. The van der Waals surface area contributed by atoms with E-state index in [4.69, 9.17) is 11.6 Å². The molecule has 6 nitrogen and oxygen atoms in total. The fourth-order valence-corrected chi connectivity index (χ4v) is 4.00. The zero-order valence-corrected chi connectivity index (χ0v) is 17.5. The van der Waals surface area contributed by atoms with Gasteiger partial charge >= 0.3 is 6.18 Å². The van der Waals surface area contributed by atoms with Gasteiger partial charge in [-0.1, -0.05) is 22.9 Å². The molecule has 0 bridgehead atoms. The van der Waals surface area contributed by atoms with E-state index in [9.17, 15) is 18.0 Å². The van der Waals surface area contributed by atoms with Crippen LogP contribution < -0.4 is 5.32 Å². The summed E-state index contributed by atoms with van der Waals surface area (Å²) in [5, 5.41) is 11.5. The molecule has 1 aromatic heterocycles. The molecule has 1 fully saturated rings. The maximum atomic E-state index is 12.9. The van der Waals surface area contributed by atoms with Gasteiger partial charge in [0.25, 0.3) is 0 Å². The lowest BCUT2D eigenvalue weighted by Gasteiger charge is -2.31. The van der Waals surface area contributed by atoms with Crippen molar-refractivity contribution in [3.05, 3.63) is 52.5 Å². The van der Waals surface area contributed by atoms with Crippen LogP contribution in [0.2, 0.25) is 5.02 Å². The molecular weight excluding hydrogens is 431 g/mol. The molecule has 0 atom stereocenters. The molecular formula is C21H21ClF3N5O. The lowest BCUT2D eigenvalue weighted by Crippen LogP contribution is -2.40. The number of nitrogens with zero attached hydrogens (tertiary/aromatic N) is 4. The van der Waals surface area contributed by atoms with Crippen molar-refractivity contribution in [2.24, 2.45) is 0 Å². The van der Waals surface area contributed by atoms with Crippen LogP contribution >= 0.6 is 11.6 Å². The Morgan fingerprint density at radius 2 is 1.94 bits per heavy atom.